The van der Waals surface area contributed by atoms with Crippen molar-refractivity contribution in [3.63, 3.8) is 0 Å². The van der Waals surface area contributed by atoms with Gasteiger partial charge in [0.15, 0.2) is 0 Å². The first-order valence-corrected chi connectivity index (χ1v) is 5.18. The van der Waals surface area contributed by atoms with Gasteiger partial charge in [0, 0.05) is 11.5 Å². The Morgan fingerprint density at radius 2 is 1.27 bits per heavy atom. The molecule has 58 valence electrons. The average molecular weight is 276 g/mol. The predicted octanol–water partition coefficient (Wildman–Crippen LogP) is 1.41. The van der Waals surface area contributed by atoms with Gasteiger partial charge >= 0.3 is 19.5 Å². The van der Waals surface area contributed by atoms with Crippen LogP contribution in [-0.2, 0) is 44.7 Å². The molecule has 0 unspecified atom stereocenters. The molecule has 0 saturated heterocycles. The monoisotopic (exact) mass is 274 g/mol. The quantitative estimate of drug-likeness (QED) is 0.269. The Balaban J connectivity index is 0. The summed E-state index contributed by atoms with van der Waals surface area (Å²) in [6, 6.07) is 0. The first-order chi connectivity index (χ1) is 4.63. The molecule has 0 aliphatic rings. The molecule has 0 heterocycles. The second-order valence-electron chi connectivity index (χ2n) is 1.27. The third-order valence-electron chi connectivity index (χ3n) is 0.550. The summed E-state index contributed by atoms with van der Waals surface area (Å²) in [6.07, 6.45) is 0. The summed E-state index contributed by atoms with van der Waals surface area (Å²) in [6.45, 7) is 0. The van der Waals surface area contributed by atoms with Gasteiger partial charge in [0.05, 0.1) is 0 Å². The van der Waals surface area contributed by atoms with E-state index < -0.39 is 0 Å². The standard InChI is InChI=1S/C4H8N2S4.Zn/c5-3(7)9-1-2-10-4(6)8;/h1-2H2,(H2,5,7)(H2,6,8);/q;+2/p-2. The van der Waals surface area contributed by atoms with Crippen LogP contribution in [0.25, 0.3) is 0 Å². The summed E-state index contributed by atoms with van der Waals surface area (Å²) in [4.78, 5) is 0. The molecule has 0 atom stereocenters. The Labute approximate surface area is 98.6 Å². The summed E-state index contributed by atoms with van der Waals surface area (Å²) < 4.78 is 0.410. The van der Waals surface area contributed by atoms with Gasteiger partial charge in [-0.3, -0.25) is 0 Å². The van der Waals surface area contributed by atoms with Crippen molar-refractivity contribution in [1.29, 1.82) is 10.8 Å². The van der Waals surface area contributed by atoms with Gasteiger partial charge in [-0.2, -0.15) is 0 Å². The maximum Gasteiger partial charge on any atom is 2.00 e. The summed E-state index contributed by atoms with van der Waals surface area (Å²) in [5, 5.41) is 13.7. The van der Waals surface area contributed by atoms with Gasteiger partial charge in [-0.05, 0) is 0 Å². The molecule has 0 aliphatic heterocycles. The minimum Gasteiger partial charge on any atom is -0.754 e. The van der Waals surface area contributed by atoms with Crippen LogP contribution in [0, 0.1) is 10.8 Å². The fourth-order valence-corrected chi connectivity index (χ4v) is 1.81. The minimum atomic E-state index is 0. The summed E-state index contributed by atoms with van der Waals surface area (Å²) in [7, 11) is 0. The van der Waals surface area contributed by atoms with Crippen LogP contribution in [0.4, 0.5) is 0 Å². The molecule has 7 heteroatoms. The number of rotatable bonds is 3. The predicted molar refractivity (Wildman–Crippen MR) is 55.1 cm³/mol. The average Bonchev–Trinajstić information content (AvgIpc) is 1.79. The SMILES string of the molecule is N=C([S-])SCCSC(=N)[S-].[Zn+2]. The second kappa shape index (κ2) is 9.19. The Hall–Kier alpha value is 1.10. The zero-order valence-electron chi connectivity index (χ0n) is 5.75. The van der Waals surface area contributed by atoms with Crippen LogP contribution in [0.3, 0.4) is 0 Å². The molecule has 0 fully saturated rings. The van der Waals surface area contributed by atoms with Gasteiger partial charge in [-0.15, -0.1) is 23.5 Å². The van der Waals surface area contributed by atoms with Crippen LogP contribution in [0.2, 0.25) is 0 Å². The van der Waals surface area contributed by atoms with Crippen LogP contribution in [0.5, 0.6) is 0 Å². The van der Waals surface area contributed by atoms with E-state index in [-0.39, 0.29) is 28.2 Å². The fourth-order valence-electron chi connectivity index (χ4n) is 0.269. The normalized spacial score (nSPS) is 8.36. The molecule has 0 aliphatic carbocycles. The largest absolute Gasteiger partial charge is 2.00 e. The Bertz CT molecular complexity index is 124. The number of nitrogens with one attached hydrogen (secondary N) is 2. The summed E-state index contributed by atoms with van der Waals surface area (Å²) in [5.74, 6) is 1.54. The molecule has 0 aromatic rings. The van der Waals surface area contributed by atoms with Crippen molar-refractivity contribution in [3.05, 3.63) is 0 Å². The molecule has 0 bridgehead atoms. The van der Waals surface area contributed by atoms with Gasteiger partial charge in [-0.1, -0.05) is 8.75 Å². The molecular formula is C4H6N2S4Zn. The van der Waals surface area contributed by atoms with Crippen LogP contribution in [-0.4, -0.2) is 20.3 Å². The third-order valence-corrected chi connectivity index (χ3v) is 2.86. The first-order valence-electron chi connectivity index (χ1n) is 2.39. The molecule has 11 heavy (non-hydrogen) atoms. The molecule has 0 saturated carbocycles. The smallest absolute Gasteiger partial charge is 0.754 e. The number of thioether (sulfide) groups is 2. The summed E-state index contributed by atoms with van der Waals surface area (Å²) in [5.41, 5.74) is 0. The maximum absolute atomic E-state index is 6.87. The number of hydrogen-bond acceptors (Lipinski definition) is 6. The molecule has 2 nitrogen and oxygen atoms in total. The van der Waals surface area contributed by atoms with Crippen molar-refractivity contribution < 1.29 is 19.5 Å². The molecule has 0 spiro atoms. The molecular weight excluding hydrogens is 270 g/mol. The van der Waals surface area contributed by atoms with Crippen molar-refractivity contribution in [2.24, 2.45) is 0 Å². The van der Waals surface area contributed by atoms with Gasteiger partial charge in [0.2, 0.25) is 0 Å². The molecule has 0 radical (unpaired) electrons. The first kappa shape index (κ1) is 14.6. The van der Waals surface area contributed by atoms with E-state index in [1.54, 1.807) is 0 Å². The van der Waals surface area contributed by atoms with E-state index in [2.05, 4.69) is 25.3 Å². The van der Waals surface area contributed by atoms with E-state index in [4.69, 9.17) is 10.8 Å². The van der Waals surface area contributed by atoms with Crippen LogP contribution >= 0.6 is 23.5 Å². The van der Waals surface area contributed by atoms with E-state index in [1.165, 1.54) is 23.5 Å². The molecule has 0 aromatic carbocycles. The second-order valence-corrected chi connectivity index (χ2v) is 4.82. The van der Waals surface area contributed by atoms with Gasteiger partial charge < -0.3 is 36.1 Å². The summed E-state index contributed by atoms with van der Waals surface area (Å²) >= 11 is 11.6. The zero-order valence-corrected chi connectivity index (χ0v) is 12.0. The van der Waals surface area contributed by atoms with E-state index in [9.17, 15) is 0 Å². The maximum atomic E-state index is 6.87. The van der Waals surface area contributed by atoms with E-state index in [0.717, 1.165) is 11.5 Å². The number of hydrogen-bond donors (Lipinski definition) is 2. The van der Waals surface area contributed by atoms with E-state index in [0.29, 0.717) is 0 Å². The Morgan fingerprint density at radius 3 is 1.45 bits per heavy atom. The van der Waals surface area contributed by atoms with Crippen molar-refractivity contribution in [3.8, 4) is 0 Å². The van der Waals surface area contributed by atoms with Gasteiger partial charge in [0.1, 0.15) is 0 Å². The van der Waals surface area contributed by atoms with Crippen molar-refractivity contribution in [2.45, 2.75) is 0 Å². The zero-order chi connectivity index (χ0) is 7.98. The topological polar surface area (TPSA) is 47.7 Å². The third kappa shape index (κ3) is 14.0. The Kier molecular flexibility index (Phi) is 12.2. The Morgan fingerprint density at radius 1 is 1.00 bits per heavy atom. The van der Waals surface area contributed by atoms with Crippen LogP contribution in [0.1, 0.15) is 0 Å². The molecule has 0 rings (SSSR count). The van der Waals surface area contributed by atoms with Gasteiger partial charge in [-0.25, -0.2) is 0 Å². The molecule has 0 amide bonds. The van der Waals surface area contributed by atoms with Crippen LogP contribution in [0.15, 0.2) is 0 Å². The van der Waals surface area contributed by atoms with Gasteiger partial charge in [0.25, 0.3) is 0 Å². The van der Waals surface area contributed by atoms with E-state index in [1.807, 2.05) is 0 Å². The molecule has 0 aromatic heterocycles. The molecule has 2 N–H and O–H groups in total. The van der Waals surface area contributed by atoms with Crippen molar-refractivity contribution >= 4 is 57.5 Å². The minimum absolute atomic E-state index is 0. The van der Waals surface area contributed by atoms with Crippen molar-refractivity contribution in [2.75, 3.05) is 11.5 Å². The van der Waals surface area contributed by atoms with Crippen molar-refractivity contribution in [1.82, 2.24) is 0 Å². The fraction of sp³-hybridized carbons (Fsp3) is 0.500. The van der Waals surface area contributed by atoms with E-state index >= 15 is 0 Å². The van der Waals surface area contributed by atoms with Crippen LogP contribution < -0.4 is 0 Å².